The molecule has 1 aromatic rings. The highest BCUT2D eigenvalue weighted by molar-refractivity contribution is 9.10. The van der Waals surface area contributed by atoms with Crippen molar-refractivity contribution in [3.05, 3.63) is 16.4 Å². The van der Waals surface area contributed by atoms with Crippen molar-refractivity contribution in [2.75, 3.05) is 6.54 Å². The molecule has 88 valence electrons. The van der Waals surface area contributed by atoms with Crippen LogP contribution >= 0.6 is 28.3 Å². The Kier molecular flexibility index (Phi) is 5.80. The second-order valence-electron chi connectivity index (χ2n) is 4.20. The van der Waals surface area contributed by atoms with Gasteiger partial charge in [-0.15, -0.1) is 12.4 Å². The fourth-order valence-corrected chi connectivity index (χ4v) is 1.22. The van der Waals surface area contributed by atoms with Crippen molar-refractivity contribution >= 4 is 28.3 Å². The minimum absolute atomic E-state index is 0. The highest BCUT2D eigenvalue weighted by atomic mass is 79.9. The van der Waals surface area contributed by atoms with E-state index in [0.717, 1.165) is 0 Å². The molecule has 2 N–H and O–H groups in total. The van der Waals surface area contributed by atoms with Crippen LogP contribution in [0.25, 0.3) is 0 Å². The fraction of sp³-hybridized carbons (Fsp3) is 0.667. The average molecular weight is 300 g/mol. The van der Waals surface area contributed by atoms with E-state index in [1.54, 1.807) is 6.07 Å². The summed E-state index contributed by atoms with van der Waals surface area (Å²) < 4.78 is 5.50. The van der Waals surface area contributed by atoms with Gasteiger partial charge in [0.2, 0.25) is 0 Å². The number of aliphatic hydroxyl groups excluding tert-OH is 1. The van der Waals surface area contributed by atoms with E-state index in [4.69, 9.17) is 4.52 Å². The van der Waals surface area contributed by atoms with Gasteiger partial charge in [-0.1, -0.05) is 5.16 Å². The van der Waals surface area contributed by atoms with E-state index in [9.17, 15) is 5.11 Å². The van der Waals surface area contributed by atoms with E-state index in [0.29, 0.717) is 16.9 Å². The van der Waals surface area contributed by atoms with Crippen molar-refractivity contribution in [2.24, 2.45) is 0 Å². The molecule has 0 fully saturated rings. The Morgan fingerprint density at radius 3 is 2.60 bits per heavy atom. The number of rotatable bonds is 3. The molecule has 0 amide bonds. The number of β-amino-alcohol motifs (C(OH)–C–C–N with tert-alkyl or cyclic N) is 1. The third-order valence-corrected chi connectivity index (χ3v) is 2.03. The predicted octanol–water partition coefficient (Wildman–Crippen LogP) is 2.28. The Balaban J connectivity index is 0.00000196. The average Bonchev–Trinajstić information content (AvgIpc) is 2.46. The molecule has 0 saturated heterocycles. The zero-order chi connectivity index (χ0) is 10.8. The van der Waals surface area contributed by atoms with E-state index >= 15 is 0 Å². The highest BCUT2D eigenvalue weighted by Crippen LogP contribution is 2.17. The van der Waals surface area contributed by atoms with Crippen LogP contribution in [-0.2, 0) is 0 Å². The first kappa shape index (κ1) is 14.9. The SMILES string of the molecule is CC(C)(C)NCC(O)c1cc(Br)no1.Cl. The van der Waals surface area contributed by atoms with Crippen LogP contribution in [0, 0.1) is 0 Å². The van der Waals surface area contributed by atoms with Crippen LogP contribution in [-0.4, -0.2) is 22.3 Å². The molecular formula is C9H16BrClN2O2. The number of nitrogens with one attached hydrogen (secondary N) is 1. The van der Waals surface area contributed by atoms with Gasteiger partial charge in [-0.25, -0.2) is 0 Å². The molecule has 0 radical (unpaired) electrons. The lowest BCUT2D eigenvalue weighted by Crippen LogP contribution is -2.38. The third kappa shape index (κ3) is 5.51. The van der Waals surface area contributed by atoms with Gasteiger partial charge in [-0.2, -0.15) is 0 Å². The molecule has 0 spiro atoms. The maximum Gasteiger partial charge on any atom is 0.167 e. The smallest absolute Gasteiger partial charge is 0.167 e. The first-order chi connectivity index (χ1) is 6.38. The molecule has 0 bridgehead atoms. The van der Waals surface area contributed by atoms with Gasteiger partial charge in [-0.05, 0) is 36.7 Å². The Hall–Kier alpha value is -0.100. The van der Waals surface area contributed by atoms with E-state index in [-0.39, 0.29) is 17.9 Å². The molecule has 1 aromatic heterocycles. The number of hydrogen-bond acceptors (Lipinski definition) is 4. The van der Waals surface area contributed by atoms with Crippen LogP contribution in [0.4, 0.5) is 0 Å². The highest BCUT2D eigenvalue weighted by Gasteiger charge is 2.16. The van der Waals surface area contributed by atoms with Gasteiger partial charge in [0.25, 0.3) is 0 Å². The Labute approximate surface area is 104 Å². The number of hydrogen-bond donors (Lipinski definition) is 2. The van der Waals surface area contributed by atoms with Crippen LogP contribution in [0.2, 0.25) is 0 Å². The summed E-state index contributed by atoms with van der Waals surface area (Å²) in [5, 5.41) is 16.5. The minimum atomic E-state index is -0.659. The van der Waals surface area contributed by atoms with Crippen molar-refractivity contribution in [3.8, 4) is 0 Å². The first-order valence-electron chi connectivity index (χ1n) is 4.44. The minimum Gasteiger partial charge on any atom is -0.384 e. The maximum absolute atomic E-state index is 9.68. The number of halogens is 2. The van der Waals surface area contributed by atoms with Crippen LogP contribution in [0.3, 0.4) is 0 Å². The third-order valence-electron chi connectivity index (χ3n) is 1.65. The molecule has 1 rings (SSSR count). The zero-order valence-corrected chi connectivity index (χ0v) is 11.4. The molecule has 15 heavy (non-hydrogen) atoms. The molecule has 0 aliphatic heterocycles. The van der Waals surface area contributed by atoms with E-state index < -0.39 is 6.10 Å². The van der Waals surface area contributed by atoms with Gasteiger partial charge in [0.15, 0.2) is 5.76 Å². The Morgan fingerprint density at radius 1 is 1.60 bits per heavy atom. The summed E-state index contributed by atoms with van der Waals surface area (Å²) >= 11 is 3.15. The van der Waals surface area contributed by atoms with Crippen molar-refractivity contribution in [1.82, 2.24) is 10.5 Å². The lowest BCUT2D eigenvalue weighted by molar-refractivity contribution is 0.129. The van der Waals surface area contributed by atoms with Crippen molar-refractivity contribution < 1.29 is 9.63 Å². The van der Waals surface area contributed by atoms with Crippen molar-refractivity contribution in [3.63, 3.8) is 0 Å². The molecule has 0 saturated carbocycles. The van der Waals surface area contributed by atoms with Gasteiger partial charge >= 0.3 is 0 Å². The number of aromatic nitrogens is 1. The van der Waals surface area contributed by atoms with Gasteiger partial charge < -0.3 is 14.9 Å². The summed E-state index contributed by atoms with van der Waals surface area (Å²) in [6, 6.07) is 1.66. The summed E-state index contributed by atoms with van der Waals surface area (Å²) in [5.74, 6) is 0.466. The zero-order valence-electron chi connectivity index (χ0n) is 8.95. The molecule has 0 aliphatic carbocycles. The van der Waals surface area contributed by atoms with Crippen molar-refractivity contribution in [1.29, 1.82) is 0 Å². The standard InChI is InChI=1S/C9H15BrN2O2.ClH/c1-9(2,3)11-5-6(13)7-4-8(10)12-14-7;/h4,6,11,13H,5H2,1-3H3;1H. The number of aliphatic hydroxyl groups is 1. The fourth-order valence-electron chi connectivity index (χ4n) is 0.927. The monoisotopic (exact) mass is 298 g/mol. The molecular weight excluding hydrogens is 283 g/mol. The van der Waals surface area contributed by atoms with Crippen LogP contribution in [0.1, 0.15) is 32.6 Å². The largest absolute Gasteiger partial charge is 0.384 e. The van der Waals surface area contributed by atoms with E-state index in [1.807, 2.05) is 20.8 Å². The second kappa shape index (κ2) is 5.84. The normalized spacial score (nSPS) is 13.4. The van der Waals surface area contributed by atoms with Gasteiger partial charge in [0.05, 0.1) is 0 Å². The van der Waals surface area contributed by atoms with E-state index in [2.05, 4.69) is 26.4 Å². The topological polar surface area (TPSA) is 58.3 Å². The van der Waals surface area contributed by atoms with Gasteiger partial charge in [-0.3, -0.25) is 0 Å². The molecule has 1 atom stereocenters. The van der Waals surface area contributed by atoms with Crippen LogP contribution in [0.15, 0.2) is 15.2 Å². The lowest BCUT2D eigenvalue weighted by atomic mass is 10.1. The van der Waals surface area contributed by atoms with Gasteiger partial charge in [0, 0.05) is 18.2 Å². The van der Waals surface area contributed by atoms with Crippen molar-refractivity contribution in [2.45, 2.75) is 32.4 Å². The van der Waals surface area contributed by atoms with Gasteiger partial charge in [0.1, 0.15) is 10.7 Å². The molecule has 4 nitrogen and oxygen atoms in total. The predicted molar refractivity (Wildman–Crippen MR) is 64.2 cm³/mol. The quantitative estimate of drug-likeness (QED) is 0.899. The molecule has 0 aliphatic rings. The molecule has 1 unspecified atom stereocenters. The number of nitrogens with zero attached hydrogens (tertiary/aromatic N) is 1. The summed E-state index contributed by atoms with van der Waals surface area (Å²) in [5.41, 5.74) is -0.0156. The van der Waals surface area contributed by atoms with E-state index in [1.165, 1.54) is 0 Å². The Bertz CT molecular complexity index is 299. The molecule has 1 heterocycles. The maximum atomic E-state index is 9.68. The lowest BCUT2D eigenvalue weighted by Gasteiger charge is -2.21. The molecule has 6 heteroatoms. The van der Waals surface area contributed by atoms with Crippen LogP contribution < -0.4 is 5.32 Å². The molecule has 0 aromatic carbocycles. The summed E-state index contributed by atoms with van der Waals surface area (Å²) in [7, 11) is 0. The summed E-state index contributed by atoms with van der Waals surface area (Å²) in [6.45, 7) is 6.56. The summed E-state index contributed by atoms with van der Waals surface area (Å²) in [4.78, 5) is 0. The Morgan fingerprint density at radius 2 is 2.20 bits per heavy atom. The second-order valence-corrected chi connectivity index (χ2v) is 5.01. The van der Waals surface area contributed by atoms with Crippen LogP contribution in [0.5, 0.6) is 0 Å². The first-order valence-corrected chi connectivity index (χ1v) is 5.23. The summed E-state index contributed by atoms with van der Waals surface area (Å²) in [6.07, 6.45) is -0.659.